The maximum Gasteiger partial charge on any atom is 0.237 e. The second-order valence-electron chi connectivity index (χ2n) is 8.55. The Morgan fingerprint density at radius 3 is 2.45 bits per heavy atom. The second-order valence-corrected chi connectivity index (χ2v) is 9.86. The molecule has 1 aliphatic rings. The molecule has 1 aromatic heterocycles. The first-order valence-corrected chi connectivity index (χ1v) is 12.3. The predicted molar refractivity (Wildman–Crippen MR) is 134 cm³/mol. The van der Waals surface area contributed by atoms with Gasteiger partial charge in [0, 0.05) is 30.9 Å². The number of benzene rings is 2. The molecular formula is C25H31N5O2S. The molecule has 0 bridgehead atoms. The fraction of sp³-hybridized carbons (Fsp3) is 0.400. The van der Waals surface area contributed by atoms with Gasteiger partial charge in [-0.05, 0) is 24.5 Å². The fourth-order valence-corrected chi connectivity index (χ4v) is 4.65. The van der Waals surface area contributed by atoms with Gasteiger partial charge in [0.2, 0.25) is 11.9 Å². The lowest BCUT2D eigenvalue weighted by Crippen LogP contribution is -2.38. The van der Waals surface area contributed by atoms with Gasteiger partial charge in [-0.3, -0.25) is 9.36 Å². The highest BCUT2D eigenvalue weighted by Gasteiger charge is 2.24. The van der Waals surface area contributed by atoms with Gasteiger partial charge in [-0.15, -0.1) is 10.2 Å². The van der Waals surface area contributed by atoms with Crippen molar-refractivity contribution in [3.05, 3.63) is 54.6 Å². The van der Waals surface area contributed by atoms with E-state index < -0.39 is 0 Å². The summed E-state index contributed by atoms with van der Waals surface area (Å²) in [4.78, 5) is 15.3. The van der Waals surface area contributed by atoms with Gasteiger partial charge in [-0.2, -0.15) is 0 Å². The maximum atomic E-state index is 13.1. The zero-order valence-corrected chi connectivity index (χ0v) is 20.2. The van der Waals surface area contributed by atoms with Crippen LogP contribution in [0.3, 0.4) is 0 Å². The number of hydrogen-bond acceptors (Lipinski definition) is 6. The minimum Gasteiger partial charge on any atom is -0.378 e. The Morgan fingerprint density at radius 1 is 1.03 bits per heavy atom. The van der Waals surface area contributed by atoms with E-state index in [0.29, 0.717) is 19.1 Å². The summed E-state index contributed by atoms with van der Waals surface area (Å²) in [7, 11) is 0. The molecule has 1 atom stereocenters. The summed E-state index contributed by atoms with van der Waals surface area (Å²) in [5.41, 5.74) is 2.88. The Kier molecular flexibility index (Phi) is 7.67. The van der Waals surface area contributed by atoms with E-state index in [1.54, 1.807) is 0 Å². The Bertz CT molecular complexity index is 1060. The summed E-state index contributed by atoms with van der Waals surface area (Å²) in [5, 5.41) is 12.5. The zero-order chi connectivity index (χ0) is 23.2. The van der Waals surface area contributed by atoms with Gasteiger partial charge < -0.3 is 15.0 Å². The van der Waals surface area contributed by atoms with Crippen LogP contribution >= 0.6 is 11.8 Å². The van der Waals surface area contributed by atoms with Gasteiger partial charge in [-0.1, -0.05) is 74.1 Å². The van der Waals surface area contributed by atoms with E-state index in [9.17, 15) is 4.79 Å². The highest BCUT2D eigenvalue weighted by atomic mass is 32.2. The summed E-state index contributed by atoms with van der Waals surface area (Å²) in [5.74, 6) is 1.23. The van der Waals surface area contributed by atoms with Crippen LogP contribution in [0.1, 0.15) is 20.8 Å². The maximum absolute atomic E-state index is 13.1. The van der Waals surface area contributed by atoms with Gasteiger partial charge in [0.05, 0.1) is 18.5 Å². The van der Waals surface area contributed by atoms with E-state index in [0.717, 1.165) is 47.6 Å². The summed E-state index contributed by atoms with van der Waals surface area (Å²) in [6.45, 7) is 10.0. The van der Waals surface area contributed by atoms with Crippen LogP contribution in [0.4, 0.5) is 11.6 Å². The molecule has 0 radical (unpaired) electrons. The molecular weight excluding hydrogens is 434 g/mol. The van der Waals surface area contributed by atoms with Gasteiger partial charge >= 0.3 is 0 Å². The number of morpholine rings is 1. The first-order valence-electron chi connectivity index (χ1n) is 11.4. The molecule has 1 amide bonds. The number of ether oxygens (including phenoxy) is 1. The second kappa shape index (κ2) is 10.9. The Balaban J connectivity index is 1.50. The van der Waals surface area contributed by atoms with Crippen molar-refractivity contribution in [1.29, 1.82) is 0 Å². The third-order valence-corrected chi connectivity index (χ3v) is 6.54. The number of carbonyl (C=O) groups is 1. The van der Waals surface area contributed by atoms with Gasteiger partial charge in [0.15, 0.2) is 5.16 Å². The average molecular weight is 466 g/mol. The Labute approximate surface area is 199 Å². The number of thioether (sulfide) groups is 1. The number of para-hydroxylation sites is 1. The minimum atomic E-state index is -0.332. The Hall–Kier alpha value is -2.84. The van der Waals surface area contributed by atoms with Crippen LogP contribution in [0.15, 0.2) is 59.8 Å². The van der Waals surface area contributed by atoms with Crippen molar-refractivity contribution in [3.63, 3.8) is 0 Å². The van der Waals surface area contributed by atoms with Crippen molar-refractivity contribution in [2.75, 3.05) is 36.5 Å². The summed E-state index contributed by atoms with van der Waals surface area (Å²) >= 11 is 1.45. The fourth-order valence-electron chi connectivity index (χ4n) is 3.80. The van der Waals surface area contributed by atoms with E-state index in [2.05, 4.69) is 38.8 Å². The quantitative estimate of drug-likeness (QED) is 0.492. The van der Waals surface area contributed by atoms with Crippen molar-refractivity contribution >= 4 is 29.3 Å². The molecule has 1 aliphatic heterocycles. The monoisotopic (exact) mass is 465 g/mol. The number of carbonyl (C=O) groups excluding carboxylic acids is 1. The molecule has 1 saturated heterocycles. The number of amides is 1. The molecule has 7 nitrogen and oxygen atoms in total. The summed E-state index contributed by atoms with van der Waals surface area (Å²) in [6, 6.07) is 18.0. The normalized spacial score (nSPS) is 15.0. The first-order chi connectivity index (χ1) is 16.0. The van der Waals surface area contributed by atoms with Crippen LogP contribution in [0, 0.1) is 5.92 Å². The SMILES string of the molecule is CC(C)Cn1c(SC(C)C(=O)Nc2ccccc2-c2ccccc2)nnc1N1CCOCC1. The largest absolute Gasteiger partial charge is 0.378 e. The number of rotatable bonds is 8. The minimum absolute atomic E-state index is 0.0598. The molecule has 174 valence electrons. The first kappa shape index (κ1) is 23.3. The number of hydrogen-bond donors (Lipinski definition) is 1. The van der Waals surface area contributed by atoms with Gasteiger partial charge in [0.1, 0.15) is 0 Å². The van der Waals surface area contributed by atoms with E-state index in [1.165, 1.54) is 11.8 Å². The molecule has 4 rings (SSSR count). The third kappa shape index (κ3) is 5.75. The molecule has 1 N–H and O–H groups in total. The van der Waals surface area contributed by atoms with Crippen LogP contribution < -0.4 is 10.2 Å². The lowest BCUT2D eigenvalue weighted by Gasteiger charge is -2.28. The molecule has 0 saturated carbocycles. The van der Waals surface area contributed by atoms with Crippen LogP contribution in [0.2, 0.25) is 0 Å². The highest BCUT2D eigenvalue weighted by Crippen LogP contribution is 2.30. The lowest BCUT2D eigenvalue weighted by atomic mass is 10.0. The van der Waals surface area contributed by atoms with E-state index in [-0.39, 0.29) is 11.2 Å². The molecule has 8 heteroatoms. The number of anilines is 2. The lowest BCUT2D eigenvalue weighted by molar-refractivity contribution is -0.115. The number of nitrogens with one attached hydrogen (secondary N) is 1. The molecule has 2 heterocycles. The molecule has 0 spiro atoms. The van der Waals surface area contributed by atoms with Gasteiger partial charge in [0.25, 0.3) is 0 Å². The zero-order valence-electron chi connectivity index (χ0n) is 19.4. The van der Waals surface area contributed by atoms with Crippen molar-refractivity contribution in [2.45, 2.75) is 37.7 Å². The molecule has 1 unspecified atom stereocenters. The summed E-state index contributed by atoms with van der Waals surface area (Å²) in [6.07, 6.45) is 0. The van der Waals surface area contributed by atoms with E-state index in [4.69, 9.17) is 4.74 Å². The standard InChI is InChI=1S/C25H31N5O2S/c1-18(2)17-30-24(29-13-15-32-16-14-29)27-28-25(30)33-19(3)23(31)26-22-12-8-7-11-21(22)20-9-5-4-6-10-20/h4-12,18-19H,13-17H2,1-3H3,(H,26,31). The molecule has 0 aliphatic carbocycles. The highest BCUT2D eigenvalue weighted by molar-refractivity contribution is 8.00. The molecule has 33 heavy (non-hydrogen) atoms. The Morgan fingerprint density at radius 2 is 1.73 bits per heavy atom. The number of aromatic nitrogens is 3. The molecule has 1 fully saturated rings. The number of nitrogens with zero attached hydrogens (tertiary/aromatic N) is 4. The van der Waals surface area contributed by atoms with Gasteiger partial charge in [-0.25, -0.2) is 0 Å². The topological polar surface area (TPSA) is 72.3 Å². The van der Waals surface area contributed by atoms with Crippen LogP contribution in [-0.2, 0) is 16.1 Å². The summed E-state index contributed by atoms with van der Waals surface area (Å²) < 4.78 is 7.63. The van der Waals surface area contributed by atoms with E-state index >= 15 is 0 Å². The van der Waals surface area contributed by atoms with E-state index in [1.807, 2.05) is 61.5 Å². The molecule has 3 aromatic rings. The van der Waals surface area contributed by atoms with Crippen LogP contribution in [0.25, 0.3) is 11.1 Å². The van der Waals surface area contributed by atoms with Crippen LogP contribution in [0.5, 0.6) is 0 Å². The smallest absolute Gasteiger partial charge is 0.237 e. The van der Waals surface area contributed by atoms with Crippen molar-refractivity contribution < 1.29 is 9.53 Å². The third-order valence-electron chi connectivity index (χ3n) is 5.46. The van der Waals surface area contributed by atoms with Crippen molar-refractivity contribution in [3.8, 4) is 11.1 Å². The molecule has 2 aromatic carbocycles. The predicted octanol–water partition coefficient (Wildman–Crippen LogP) is 4.56. The van der Waals surface area contributed by atoms with Crippen molar-refractivity contribution in [2.24, 2.45) is 5.92 Å². The average Bonchev–Trinajstić information content (AvgIpc) is 3.21. The van der Waals surface area contributed by atoms with Crippen molar-refractivity contribution in [1.82, 2.24) is 14.8 Å². The van der Waals surface area contributed by atoms with Crippen LogP contribution in [-0.4, -0.2) is 52.2 Å².